The van der Waals surface area contributed by atoms with Gasteiger partial charge >= 0.3 is 0 Å². The van der Waals surface area contributed by atoms with Crippen molar-refractivity contribution in [2.75, 3.05) is 13.1 Å². The Bertz CT molecular complexity index is 728. The van der Waals surface area contributed by atoms with Gasteiger partial charge in [-0.05, 0) is 50.5 Å². The topological polar surface area (TPSA) is 69.8 Å². The summed E-state index contributed by atoms with van der Waals surface area (Å²) in [5, 5.41) is 17.3. The van der Waals surface area contributed by atoms with Crippen LogP contribution in [0, 0.1) is 6.92 Å². The lowest BCUT2D eigenvalue weighted by molar-refractivity contribution is 0.0437. The van der Waals surface area contributed by atoms with Gasteiger partial charge in [0, 0.05) is 18.5 Å². The quantitative estimate of drug-likeness (QED) is 0.344. The van der Waals surface area contributed by atoms with Crippen molar-refractivity contribution in [1.82, 2.24) is 10.6 Å². The van der Waals surface area contributed by atoms with Gasteiger partial charge in [0.25, 0.3) is 0 Å². The molecule has 1 heterocycles. The molecule has 2 aromatic rings. The maximum atomic E-state index is 10.6. The minimum Gasteiger partial charge on any atom is -0.466 e. The minimum absolute atomic E-state index is 0. The lowest BCUT2D eigenvalue weighted by atomic mass is 10.0. The number of aliphatic imine (C=N–C) groups is 1. The Kier molecular flexibility index (Phi) is 7.11. The fraction of sp³-hybridized carbons (Fsp3) is 0.450. The van der Waals surface area contributed by atoms with Gasteiger partial charge in [-0.25, -0.2) is 4.99 Å². The Morgan fingerprint density at radius 1 is 1.31 bits per heavy atom. The van der Waals surface area contributed by atoms with Gasteiger partial charge in [0.1, 0.15) is 11.4 Å². The third kappa shape index (κ3) is 5.01. The summed E-state index contributed by atoms with van der Waals surface area (Å²) in [6.45, 7) is 6.92. The molecule has 0 amide bonds. The van der Waals surface area contributed by atoms with Crippen LogP contribution in [0.1, 0.15) is 43.1 Å². The molecule has 1 aliphatic carbocycles. The number of benzene rings is 1. The summed E-state index contributed by atoms with van der Waals surface area (Å²) >= 11 is 0. The van der Waals surface area contributed by atoms with Crippen LogP contribution in [0.15, 0.2) is 52.1 Å². The van der Waals surface area contributed by atoms with Crippen LogP contribution in [-0.4, -0.2) is 30.2 Å². The van der Waals surface area contributed by atoms with Crippen molar-refractivity contribution in [2.24, 2.45) is 4.99 Å². The van der Waals surface area contributed by atoms with E-state index in [1.54, 1.807) is 25.3 Å². The summed E-state index contributed by atoms with van der Waals surface area (Å²) in [4.78, 5) is 4.56. The summed E-state index contributed by atoms with van der Waals surface area (Å²) in [5.74, 6) is 1.78. The van der Waals surface area contributed by atoms with Crippen LogP contribution in [0.25, 0.3) is 0 Å². The van der Waals surface area contributed by atoms with Crippen molar-refractivity contribution < 1.29 is 9.52 Å². The molecule has 26 heavy (non-hydrogen) atoms. The van der Waals surface area contributed by atoms with E-state index in [1.165, 1.54) is 11.1 Å². The van der Waals surface area contributed by atoms with E-state index < -0.39 is 5.60 Å². The number of hydrogen-bond donors (Lipinski definition) is 3. The molecule has 0 radical (unpaired) electrons. The molecular weight excluding hydrogens is 441 g/mol. The highest BCUT2D eigenvalue weighted by Gasteiger charge is 2.39. The minimum atomic E-state index is -1.12. The highest BCUT2D eigenvalue weighted by Crippen LogP contribution is 2.42. The maximum absolute atomic E-state index is 10.6. The molecule has 0 bridgehead atoms. The van der Waals surface area contributed by atoms with E-state index in [1.807, 2.05) is 6.92 Å². The highest BCUT2D eigenvalue weighted by molar-refractivity contribution is 14.0. The van der Waals surface area contributed by atoms with Gasteiger partial charge in [0.05, 0.1) is 12.8 Å². The standard InChI is InChI=1S/C20H27N3O2.HI/c1-4-21-19(22-13-20(3,24)18-10-7-11-25-18)23-17-12-16(17)15-9-6-5-8-14(15)2;/h5-11,16-17,24H,4,12-13H2,1-3H3,(H2,21,22,23);1H. The SMILES string of the molecule is CCNC(=NCC(C)(O)c1ccco1)NC1CC1c1ccccc1C.I. The highest BCUT2D eigenvalue weighted by atomic mass is 127. The lowest BCUT2D eigenvalue weighted by Gasteiger charge is -2.19. The van der Waals surface area contributed by atoms with Crippen molar-refractivity contribution >= 4 is 29.9 Å². The first-order chi connectivity index (χ1) is 12.0. The van der Waals surface area contributed by atoms with Crippen molar-refractivity contribution in [1.29, 1.82) is 0 Å². The molecule has 3 atom stereocenters. The number of aliphatic hydroxyl groups is 1. The summed E-state index contributed by atoms with van der Waals surface area (Å²) in [5.41, 5.74) is 1.61. The molecule has 5 nitrogen and oxygen atoms in total. The van der Waals surface area contributed by atoms with Gasteiger partial charge < -0.3 is 20.2 Å². The maximum Gasteiger partial charge on any atom is 0.191 e. The molecule has 1 saturated carbocycles. The molecule has 0 spiro atoms. The van der Waals surface area contributed by atoms with Crippen LogP contribution in [-0.2, 0) is 5.60 Å². The smallest absolute Gasteiger partial charge is 0.191 e. The fourth-order valence-electron chi connectivity index (χ4n) is 3.09. The van der Waals surface area contributed by atoms with Crippen molar-refractivity contribution in [3.63, 3.8) is 0 Å². The van der Waals surface area contributed by atoms with Crippen LogP contribution in [0.2, 0.25) is 0 Å². The van der Waals surface area contributed by atoms with E-state index in [0.29, 0.717) is 17.7 Å². The van der Waals surface area contributed by atoms with Gasteiger partial charge in [0.15, 0.2) is 5.96 Å². The Hall–Kier alpha value is -1.54. The molecule has 1 aromatic heterocycles. The summed E-state index contributed by atoms with van der Waals surface area (Å²) < 4.78 is 5.31. The Labute approximate surface area is 172 Å². The largest absolute Gasteiger partial charge is 0.466 e. The van der Waals surface area contributed by atoms with Crippen molar-refractivity contribution in [3.8, 4) is 0 Å². The first kappa shape index (κ1) is 20.8. The molecule has 1 aromatic carbocycles. The van der Waals surface area contributed by atoms with Crippen LogP contribution >= 0.6 is 24.0 Å². The molecule has 0 saturated heterocycles. The second kappa shape index (κ2) is 8.90. The van der Waals surface area contributed by atoms with Crippen LogP contribution < -0.4 is 10.6 Å². The Morgan fingerprint density at radius 3 is 2.73 bits per heavy atom. The van der Waals surface area contributed by atoms with E-state index in [-0.39, 0.29) is 30.5 Å². The molecule has 142 valence electrons. The zero-order valence-corrected chi connectivity index (χ0v) is 17.9. The molecule has 1 fully saturated rings. The third-order valence-electron chi connectivity index (χ3n) is 4.64. The van der Waals surface area contributed by atoms with E-state index in [4.69, 9.17) is 4.42 Å². The lowest BCUT2D eigenvalue weighted by Crippen LogP contribution is -2.40. The van der Waals surface area contributed by atoms with Crippen LogP contribution in [0.3, 0.4) is 0 Å². The molecule has 3 N–H and O–H groups in total. The summed E-state index contributed by atoms with van der Waals surface area (Å²) in [6, 6.07) is 12.5. The van der Waals surface area contributed by atoms with E-state index >= 15 is 0 Å². The second-order valence-corrected chi connectivity index (χ2v) is 6.90. The first-order valence-corrected chi connectivity index (χ1v) is 8.88. The number of halogens is 1. The van der Waals surface area contributed by atoms with Crippen LogP contribution in [0.5, 0.6) is 0 Å². The fourth-order valence-corrected chi connectivity index (χ4v) is 3.09. The van der Waals surface area contributed by atoms with Crippen molar-refractivity contribution in [3.05, 3.63) is 59.5 Å². The van der Waals surface area contributed by atoms with E-state index in [9.17, 15) is 5.11 Å². The first-order valence-electron chi connectivity index (χ1n) is 8.88. The summed E-state index contributed by atoms with van der Waals surface area (Å²) in [6.07, 6.45) is 2.66. The number of nitrogens with zero attached hydrogens (tertiary/aromatic N) is 1. The van der Waals surface area contributed by atoms with Crippen molar-refractivity contribution in [2.45, 2.75) is 44.8 Å². The normalized spacial score (nSPS) is 21.5. The van der Waals surface area contributed by atoms with Gasteiger partial charge in [-0.3, -0.25) is 0 Å². The number of hydrogen-bond acceptors (Lipinski definition) is 3. The zero-order chi connectivity index (χ0) is 17.9. The van der Waals surface area contributed by atoms with Gasteiger partial charge in [-0.15, -0.1) is 24.0 Å². The molecular formula is C20H28IN3O2. The second-order valence-electron chi connectivity index (χ2n) is 6.90. The summed E-state index contributed by atoms with van der Waals surface area (Å²) in [7, 11) is 0. The molecule has 1 aliphatic rings. The van der Waals surface area contributed by atoms with E-state index in [2.05, 4.69) is 46.8 Å². The molecule has 6 heteroatoms. The average molecular weight is 469 g/mol. The monoisotopic (exact) mass is 469 g/mol. The molecule has 3 unspecified atom stereocenters. The number of aryl methyl sites for hydroxylation is 1. The molecule has 0 aliphatic heterocycles. The van der Waals surface area contributed by atoms with Gasteiger partial charge in [-0.1, -0.05) is 24.3 Å². The predicted octanol–water partition coefficient (Wildman–Crippen LogP) is 3.52. The number of furan rings is 1. The van der Waals surface area contributed by atoms with E-state index in [0.717, 1.165) is 18.9 Å². The Balaban J connectivity index is 0.00000243. The number of guanidine groups is 1. The van der Waals surface area contributed by atoms with Crippen LogP contribution in [0.4, 0.5) is 0 Å². The zero-order valence-electron chi connectivity index (χ0n) is 15.5. The van der Waals surface area contributed by atoms with Gasteiger partial charge in [0.2, 0.25) is 0 Å². The third-order valence-corrected chi connectivity index (χ3v) is 4.64. The average Bonchev–Trinajstić information content (AvgIpc) is 3.10. The molecule has 3 rings (SSSR count). The number of nitrogens with one attached hydrogen (secondary N) is 2. The number of rotatable bonds is 6. The Morgan fingerprint density at radius 2 is 2.08 bits per heavy atom. The van der Waals surface area contributed by atoms with Gasteiger partial charge in [-0.2, -0.15) is 0 Å². The predicted molar refractivity (Wildman–Crippen MR) is 115 cm³/mol.